The van der Waals surface area contributed by atoms with E-state index >= 15 is 0 Å². The molecule has 21 heavy (non-hydrogen) atoms. The third-order valence-corrected chi connectivity index (χ3v) is 4.33. The predicted molar refractivity (Wildman–Crippen MR) is 83.1 cm³/mol. The van der Waals surface area contributed by atoms with Crippen molar-refractivity contribution in [2.24, 2.45) is 0 Å². The summed E-state index contributed by atoms with van der Waals surface area (Å²) in [5, 5.41) is 9.15. The summed E-state index contributed by atoms with van der Waals surface area (Å²) in [6.07, 6.45) is 1.64. The van der Waals surface area contributed by atoms with Gasteiger partial charge in [-0.1, -0.05) is 49.1 Å². The van der Waals surface area contributed by atoms with Gasteiger partial charge in [0.1, 0.15) is 16.2 Å². The van der Waals surface area contributed by atoms with Gasteiger partial charge in [0.05, 0.1) is 4.91 Å². The number of nitrogens with zero attached hydrogens (tertiary/aromatic N) is 1. The lowest BCUT2D eigenvalue weighted by Gasteiger charge is -2.21. The van der Waals surface area contributed by atoms with Crippen molar-refractivity contribution in [1.29, 1.82) is 0 Å². The smallest absolute Gasteiger partial charge is 0.326 e. The van der Waals surface area contributed by atoms with E-state index in [9.17, 15) is 14.0 Å². The number of thioether (sulfide) groups is 1. The number of carbonyl (C=O) groups excluding carboxylic acids is 1. The zero-order valence-electron chi connectivity index (χ0n) is 11.1. The van der Waals surface area contributed by atoms with Crippen molar-refractivity contribution in [3.8, 4) is 0 Å². The first kappa shape index (κ1) is 15.7. The zero-order chi connectivity index (χ0) is 15.6. The van der Waals surface area contributed by atoms with E-state index in [0.717, 1.165) is 16.7 Å². The summed E-state index contributed by atoms with van der Waals surface area (Å²) >= 11 is 6.06. The molecule has 110 valence electrons. The Morgan fingerprint density at radius 2 is 2.19 bits per heavy atom. The fourth-order valence-electron chi connectivity index (χ4n) is 1.95. The van der Waals surface area contributed by atoms with Gasteiger partial charge in [0.25, 0.3) is 5.91 Å². The van der Waals surface area contributed by atoms with Crippen molar-refractivity contribution in [3.63, 3.8) is 0 Å². The molecule has 1 fully saturated rings. The van der Waals surface area contributed by atoms with Gasteiger partial charge in [0.2, 0.25) is 0 Å². The van der Waals surface area contributed by atoms with E-state index < -0.39 is 23.7 Å². The van der Waals surface area contributed by atoms with E-state index in [1.165, 1.54) is 18.2 Å². The molecule has 0 aliphatic carbocycles. The third-order valence-electron chi connectivity index (χ3n) is 3.00. The van der Waals surface area contributed by atoms with Crippen molar-refractivity contribution >= 4 is 46.3 Å². The first-order valence-electron chi connectivity index (χ1n) is 6.20. The van der Waals surface area contributed by atoms with Crippen LogP contribution in [0.5, 0.6) is 0 Å². The molecule has 0 unspecified atom stereocenters. The van der Waals surface area contributed by atoms with Crippen molar-refractivity contribution in [1.82, 2.24) is 4.90 Å². The van der Waals surface area contributed by atoms with Crippen LogP contribution >= 0.6 is 24.0 Å². The molecule has 0 bridgehead atoms. The normalized spacial score (nSPS) is 18.4. The average Bonchev–Trinajstić information content (AvgIpc) is 2.70. The molecule has 1 amide bonds. The molecule has 1 aromatic rings. The van der Waals surface area contributed by atoms with E-state index in [2.05, 4.69) is 0 Å². The molecule has 1 heterocycles. The van der Waals surface area contributed by atoms with Gasteiger partial charge in [-0.25, -0.2) is 9.18 Å². The SMILES string of the molecule is CC[C@@H](C(=O)O)N1C(=O)/C(=C\c2ccccc2F)SC1=S. The van der Waals surface area contributed by atoms with Gasteiger partial charge in [0.15, 0.2) is 0 Å². The summed E-state index contributed by atoms with van der Waals surface area (Å²) in [4.78, 5) is 24.8. The van der Waals surface area contributed by atoms with Crippen LogP contribution in [-0.4, -0.2) is 32.2 Å². The Balaban J connectivity index is 2.34. The van der Waals surface area contributed by atoms with E-state index in [4.69, 9.17) is 17.3 Å². The number of hydrogen-bond donors (Lipinski definition) is 1. The van der Waals surface area contributed by atoms with Crippen LogP contribution in [0.4, 0.5) is 4.39 Å². The highest BCUT2D eigenvalue weighted by Crippen LogP contribution is 2.34. The lowest BCUT2D eigenvalue weighted by atomic mass is 10.1. The van der Waals surface area contributed by atoms with E-state index in [0.29, 0.717) is 0 Å². The number of aliphatic carboxylic acids is 1. The number of carboxylic acids is 1. The van der Waals surface area contributed by atoms with Crippen LogP contribution in [0.15, 0.2) is 29.2 Å². The second-order valence-electron chi connectivity index (χ2n) is 4.34. The Hall–Kier alpha value is -1.73. The maximum atomic E-state index is 13.6. The van der Waals surface area contributed by atoms with Crippen LogP contribution in [-0.2, 0) is 9.59 Å². The van der Waals surface area contributed by atoms with Gasteiger partial charge in [-0.2, -0.15) is 0 Å². The Bertz CT molecular complexity index is 645. The Labute approximate surface area is 130 Å². The quantitative estimate of drug-likeness (QED) is 0.681. The molecule has 7 heteroatoms. The number of carboxylic acid groups (broad SMARTS) is 1. The van der Waals surface area contributed by atoms with E-state index in [1.807, 2.05) is 0 Å². The van der Waals surface area contributed by atoms with Crippen LogP contribution in [0, 0.1) is 5.82 Å². The minimum absolute atomic E-state index is 0.178. The molecule has 1 N–H and O–H groups in total. The molecule has 4 nitrogen and oxygen atoms in total. The lowest BCUT2D eigenvalue weighted by molar-refractivity contribution is -0.145. The van der Waals surface area contributed by atoms with Crippen LogP contribution in [0.3, 0.4) is 0 Å². The minimum atomic E-state index is -1.11. The lowest BCUT2D eigenvalue weighted by Crippen LogP contribution is -2.43. The highest BCUT2D eigenvalue weighted by Gasteiger charge is 2.39. The fraction of sp³-hybridized carbons (Fsp3) is 0.214. The molecule has 1 saturated heterocycles. The highest BCUT2D eigenvalue weighted by molar-refractivity contribution is 8.26. The van der Waals surface area contributed by atoms with Gasteiger partial charge >= 0.3 is 5.97 Å². The molecule has 1 aliphatic heterocycles. The number of hydrogen-bond acceptors (Lipinski definition) is 4. The average molecular weight is 325 g/mol. The van der Waals surface area contributed by atoms with Crippen molar-refractivity contribution in [2.75, 3.05) is 0 Å². The molecular weight excluding hydrogens is 313 g/mol. The summed E-state index contributed by atoms with van der Waals surface area (Å²) < 4.78 is 13.8. The Kier molecular flexibility index (Phi) is 4.74. The highest BCUT2D eigenvalue weighted by atomic mass is 32.2. The number of halogens is 1. The van der Waals surface area contributed by atoms with Crippen LogP contribution < -0.4 is 0 Å². The largest absolute Gasteiger partial charge is 0.480 e. The minimum Gasteiger partial charge on any atom is -0.480 e. The van der Waals surface area contributed by atoms with Crippen molar-refractivity contribution in [3.05, 3.63) is 40.6 Å². The van der Waals surface area contributed by atoms with Gasteiger partial charge in [0, 0.05) is 5.56 Å². The fourth-order valence-corrected chi connectivity index (χ4v) is 3.30. The van der Waals surface area contributed by atoms with Crippen LogP contribution in [0.2, 0.25) is 0 Å². The summed E-state index contributed by atoms with van der Waals surface area (Å²) in [7, 11) is 0. The Morgan fingerprint density at radius 1 is 1.52 bits per heavy atom. The molecule has 1 atom stereocenters. The van der Waals surface area contributed by atoms with Crippen LogP contribution in [0.25, 0.3) is 6.08 Å². The molecule has 0 radical (unpaired) electrons. The summed E-state index contributed by atoms with van der Waals surface area (Å²) in [5.74, 6) is -2.06. The molecule has 2 rings (SSSR count). The summed E-state index contributed by atoms with van der Waals surface area (Å²) in [6, 6.07) is 5.04. The molecule has 1 aromatic carbocycles. The van der Waals surface area contributed by atoms with Crippen molar-refractivity contribution in [2.45, 2.75) is 19.4 Å². The number of benzene rings is 1. The second kappa shape index (κ2) is 6.36. The molecule has 0 saturated carbocycles. The zero-order valence-corrected chi connectivity index (χ0v) is 12.7. The first-order valence-corrected chi connectivity index (χ1v) is 7.42. The monoisotopic (exact) mass is 325 g/mol. The molecule has 0 spiro atoms. The summed E-state index contributed by atoms with van der Waals surface area (Å²) in [6.45, 7) is 1.66. The third kappa shape index (κ3) is 3.14. The number of thiocarbonyl (C=S) groups is 1. The molecule has 0 aromatic heterocycles. The van der Waals surface area contributed by atoms with Crippen molar-refractivity contribution < 1.29 is 19.1 Å². The second-order valence-corrected chi connectivity index (χ2v) is 6.01. The Morgan fingerprint density at radius 3 is 2.76 bits per heavy atom. The number of amides is 1. The van der Waals surface area contributed by atoms with E-state index in [1.54, 1.807) is 19.1 Å². The maximum absolute atomic E-state index is 13.6. The van der Waals surface area contributed by atoms with Gasteiger partial charge < -0.3 is 5.11 Å². The first-order chi connectivity index (χ1) is 9.95. The topological polar surface area (TPSA) is 57.6 Å². The number of rotatable bonds is 4. The standard InChI is InChI=1S/C14H12FNO3S2/c1-2-10(13(18)19)16-12(17)11(21-14(16)20)7-8-5-3-4-6-9(8)15/h3-7,10H,2H2,1H3,(H,18,19)/b11-7+/t10-/m0/s1. The summed E-state index contributed by atoms with van der Waals surface area (Å²) in [5.41, 5.74) is 0.265. The van der Waals surface area contributed by atoms with Gasteiger partial charge in [-0.15, -0.1) is 0 Å². The van der Waals surface area contributed by atoms with Gasteiger partial charge in [-0.05, 0) is 18.6 Å². The maximum Gasteiger partial charge on any atom is 0.326 e. The number of carbonyl (C=O) groups is 2. The van der Waals surface area contributed by atoms with Crippen LogP contribution in [0.1, 0.15) is 18.9 Å². The molecular formula is C14H12FNO3S2. The predicted octanol–water partition coefficient (Wildman–Crippen LogP) is 2.89. The molecule has 1 aliphatic rings. The van der Waals surface area contributed by atoms with Gasteiger partial charge in [-0.3, -0.25) is 9.69 Å². The van der Waals surface area contributed by atoms with E-state index in [-0.39, 0.29) is 21.2 Å².